The first-order chi connectivity index (χ1) is 8.86. The fraction of sp³-hybridized carbons (Fsp3) is 0.615. The topological polar surface area (TPSA) is 68.0 Å². The van der Waals surface area contributed by atoms with E-state index < -0.39 is 5.41 Å². The minimum absolute atomic E-state index is 0.0378. The normalized spacial score (nSPS) is 18.5. The number of nitrogens with one attached hydrogen (secondary N) is 1. The van der Waals surface area contributed by atoms with E-state index in [1.165, 1.54) is 0 Å². The first-order valence-electron chi connectivity index (χ1n) is 6.41. The van der Waals surface area contributed by atoms with Crippen LogP contribution in [-0.2, 0) is 4.79 Å². The summed E-state index contributed by atoms with van der Waals surface area (Å²) in [5, 5.41) is 4.05. The van der Waals surface area contributed by atoms with Crippen molar-refractivity contribution < 1.29 is 4.79 Å². The maximum Gasteiger partial charge on any atom is 0.233 e. The fourth-order valence-corrected chi connectivity index (χ4v) is 3.69. The lowest BCUT2D eigenvalue weighted by molar-refractivity contribution is -0.131. The number of thiocarbonyl (C=S) groups is 1. The largest absolute Gasteiger partial charge is 0.392 e. The summed E-state index contributed by atoms with van der Waals surface area (Å²) in [6, 6.07) is -0.0504. The summed E-state index contributed by atoms with van der Waals surface area (Å²) in [6.07, 6.45) is 2.54. The zero-order chi connectivity index (χ0) is 14.2. The molecule has 6 heteroatoms. The molecule has 0 saturated heterocycles. The first kappa shape index (κ1) is 14.4. The molecule has 1 aromatic rings. The van der Waals surface area contributed by atoms with Gasteiger partial charge in [-0.2, -0.15) is 0 Å². The van der Waals surface area contributed by atoms with Gasteiger partial charge in [-0.1, -0.05) is 18.6 Å². The third-order valence-corrected chi connectivity index (χ3v) is 5.44. The second kappa shape index (κ2) is 5.17. The maximum atomic E-state index is 12.4. The fourth-order valence-electron chi connectivity index (χ4n) is 2.46. The van der Waals surface area contributed by atoms with Gasteiger partial charge in [0.05, 0.1) is 27.1 Å². The molecule has 3 N–H and O–H groups in total. The van der Waals surface area contributed by atoms with Gasteiger partial charge in [-0.15, -0.1) is 11.3 Å². The Labute approximate surface area is 122 Å². The van der Waals surface area contributed by atoms with E-state index >= 15 is 0 Å². The van der Waals surface area contributed by atoms with E-state index in [1.807, 2.05) is 20.8 Å². The van der Waals surface area contributed by atoms with Crippen molar-refractivity contribution >= 4 is 34.5 Å². The number of rotatable bonds is 4. The van der Waals surface area contributed by atoms with Crippen molar-refractivity contribution in [2.24, 2.45) is 11.1 Å². The number of hydrogen-bond acceptors (Lipinski definition) is 4. The van der Waals surface area contributed by atoms with Crippen LogP contribution in [0.1, 0.15) is 47.8 Å². The SMILES string of the molecule is Cc1nc(C)c(C(C)NC(=O)C2(C(N)=S)CCC2)s1. The van der Waals surface area contributed by atoms with Gasteiger partial charge >= 0.3 is 0 Å². The summed E-state index contributed by atoms with van der Waals surface area (Å²) in [5.41, 5.74) is 6.11. The number of amides is 1. The minimum atomic E-state index is -0.614. The molecular formula is C13H19N3OS2. The van der Waals surface area contributed by atoms with Crippen molar-refractivity contribution in [2.45, 2.75) is 46.1 Å². The van der Waals surface area contributed by atoms with E-state index in [-0.39, 0.29) is 11.9 Å². The van der Waals surface area contributed by atoms with Crippen LogP contribution in [0.4, 0.5) is 0 Å². The number of thiazole rings is 1. The van der Waals surface area contributed by atoms with Crippen LogP contribution >= 0.6 is 23.6 Å². The molecular weight excluding hydrogens is 278 g/mol. The highest BCUT2D eigenvalue weighted by Gasteiger charge is 2.47. The average Bonchev–Trinajstić information content (AvgIpc) is 2.55. The number of nitrogens with two attached hydrogens (primary N) is 1. The van der Waals surface area contributed by atoms with Gasteiger partial charge in [-0.05, 0) is 33.6 Å². The number of nitrogens with zero attached hydrogens (tertiary/aromatic N) is 1. The molecule has 0 aliphatic heterocycles. The molecule has 4 nitrogen and oxygen atoms in total. The lowest BCUT2D eigenvalue weighted by Crippen LogP contribution is -2.53. The molecule has 1 unspecified atom stereocenters. The van der Waals surface area contributed by atoms with Crippen LogP contribution in [-0.4, -0.2) is 15.9 Å². The van der Waals surface area contributed by atoms with Crippen molar-refractivity contribution in [3.8, 4) is 0 Å². The van der Waals surface area contributed by atoms with Crippen molar-refractivity contribution in [3.05, 3.63) is 15.6 Å². The molecule has 1 aliphatic rings. The highest BCUT2D eigenvalue weighted by Crippen LogP contribution is 2.42. The number of carbonyl (C=O) groups is 1. The second-order valence-corrected chi connectivity index (χ2v) is 6.85. The smallest absolute Gasteiger partial charge is 0.233 e. The quantitative estimate of drug-likeness (QED) is 0.837. The second-order valence-electron chi connectivity index (χ2n) is 5.18. The molecule has 0 spiro atoms. The van der Waals surface area contributed by atoms with E-state index in [1.54, 1.807) is 11.3 Å². The molecule has 2 rings (SSSR count). The van der Waals surface area contributed by atoms with Crippen LogP contribution in [0.5, 0.6) is 0 Å². The number of aromatic nitrogens is 1. The molecule has 1 atom stereocenters. The molecule has 1 aromatic heterocycles. The van der Waals surface area contributed by atoms with Gasteiger partial charge in [0, 0.05) is 4.88 Å². The number of aryl methyl sites for hydroxylation is 2. The number of carbonyl (C=O) groups excluding carboxylic acids is 1. The summed E-state index contributed by atoms with van der Waals surface area (Å²) in [4.78, 5) is 18.2. The predicted molar refractivity (Wildman–Crippen MR) is 81.2 cm³/mol. The molecule has 104 valence electrons. The lowest BCUT2D eigenvalue weighted by atomic mass is 9.68. The molecule has 1 saturated carbocycles. The monoisotopic (exact) mass is 297 g/mol. The van der Waals surface area contributed by atoms with Crippen LogP contribution in [0, 0.1) is 19.3 Å². The molecule has 1 aliphatic carbocycles. The van der Waals surface area contributed by atoms with Crippen LogP contribution in [0.3, 0.4) is 0 Å². The Kier molecular flexibility index (Phi) is 3.92. The molecule has 1 fully saturated rings. The van der Waals surface area contributed by atoms with Gasteiger partial charge in [-0.3, -0.25) is 4.79 Å². The van der Waals surface area contributed by atoms with Crippen molar-refractivity contribution in [1.29, 1.82) is 0 Å². The van der Waals surface area contributed by atoms with Crippen LogP contribution in [0.2, 0.25) is 0 Å². The molecule has 0 bridgehead atoms. The standard InChI is InChI=1S/C13H19N3OS2/c1-7-10(19-9(3)15-7)8(2)16-12(17)13(11(14)18)5-4-6-13/h8H,4-6H2,1-3H3,(H2,14,18)(H,16,17). The van der Waals surface area contributed by atoms with Crippen LogP contribution in [0.15, 0.2) is 0 Å². The van der Waals surface area contributed by atoms with Crippen LogP contribution < -0.4 is 11.1 Å². The summed E-state index contributed by atoms with van der Waals surface area (Å²) < 4.78 is 0. The zero-order valence-corrected chi connectivity index (χ0v) is 13.1. The Morgan fingerprint density at radius 1 is 1.53 bits per heavy atom. The van der Waals surface area contributed by atoms with E-state index in [2.05, 4.69) is 10.3 Å². The summed E-state index contributed by atoms with van der Waals surface area (Å²) in [6.45, 7) is 5.91. The predicted octanol–water partition coefficient (Wildman–Crippen LogP) is 2.39. The molecule has 19 heavy (non-hydrogen) atoms. The van der Waals surface area contributed by atoms with Crippen molar-refractivity contribution in [3.63, 3.8) is 0 Å². The Morgan fingerprint density at radius 2 is 2.16 bits per heavy atom. The zero-order valence-electron chi connectivity index (χ0n) is 11.4. The Hall–Kier alpha value is -1.01. The summed E-state index contributed by atoms with van der Waals surface area (Å²) in [5.74, 6) is -0.0378. The molecule has 1 heterocycles. The van der Waals surface area contributed by atoms with Gasteiger partial charge in [0.2, 0.25) is 5.91 Å². The van der Waals surface area contributed by atoms with E-state index in [9.17, 15) is 4.79 Å². The van der Waals surface area contributed by atoms with E-state index in [0.717, 1.165) is 34.8 Å². The average molecular weight is 297 g/mol. The van der Waals surface area contributed by atoms with Crippen LogP contribution in [0.25, 0.3) is 0 Å². The Balaban J connectivity index is 2.11. The van der Waals surface area contributed by atoms with Gasteiger partial charge in [0.1, 0.15) is 0 Å². The van der Waals surface area contributed by atoms with Gasteiger partial charge in [0.25, 0.3) is 0 Å². The molecule has 0 radical (unpaired) electrons. The third-order valence-electron chi connectivity index (χ3n) is 3.79. The van der Waals surface area contributed by atoms with Gasteiger partial charge < -0.3 is 11.1 Å². The van der Waals surface area contributed by atoms with Gasteiger partial charge in [-0.25, -0.2) is 4.98 Å². The Bertz CT molecular complexity index is 520. The van der Waals surface area contributed by atoms with Crippen molar-refractivity contribution in [2.75, 3.05) is 0 Å². The van der Waals surface area contributed by atoms with Crippen molar-refractivity contribution in [1.82, 2.24) is 10.3 Å². The summed E-state index contributed by atoms with van der Waals surface area (Å²) >= 11 is 6.68. The summed E-state index contributed by atoms with van der Waals surface area (Å²) in [7, 11) is 0. The van der Waals surface area contributed by atoms with E-state index in [4.69, 9.17) is 18.0 Å². The highest BCUT2D eigenvalue weighted by atomic mass is 32.1. The molecule has 0 aromatic carbocycles. The maximum absolute atomic E-state index is 12.4. The molecule has 1 amide bonds. The Morgan fingerprint density at radius 3 is 2.53 bits per heavy atom. The number of hydrogen-bond donors (Lipinski definition) is 2. The first-order valence-corrected chi connectivity index (χ1v) is 7.64. The minimum Gasteiger partial charge on any atom is -0.392 e. The van der Waals surface area contributed by atoms with Gasteiger partial charge in [0.15, 0.2) is 0 Å². The lowest BCUT2D eigenvalue weighted by Gasteiger charge is -2.39. The third kappa shape index (κ3) is 2.51. The highest BCUT2D eigenvalue weighted by molar-refractivity contribution is 7.80. The van der Waals surface area contributed by atoms with E-state index in [0.29, 0.717) is 4.99 Å².